The van der Waals surface area contributed by atoms with Gasteiger partial charge < -0.3 is 36.6 Å². The highest BCUT2D eigenvalue weighted by molar-refractivity contribution is 8.03. The van der Waals surface area contributed by atoms with Gasteiger partial charge in [-0.1, -0.05) is 6.92 Å². The second kappa shape index (κ2) is 11.0. The number of hydrogen-bond donors (Lipinski definition) is 6. The van der Waals surface area contributed by atoms with Gasteiger partial charge in [-0.3, -0.25) is 19.8 Å². The van der Waals surface area contributed by atoms with E-state index in [-0.39, 0.29) is 65.2 Å². The number of aliphatic carboxylic acids is 1. The number of nitrogens with one attached hydrogen (secondary N) is 4. The van der Waals surface area contributed by atoms with Crippen LogP contribution in [0, 0.1) is 17.2 Å². The molecule has 7 atom stereocenters. The van der Waals surface area contributed by atoms with Crippen molar-refractivity contribution in [3.8, 4) is 0 Å². The number of hydrogen-bond acceptors (Lipinski definition) is 10. The van der Waals surface area contributed by atoms with Gasteiger partial charge in [0, 0.05) is 47.8 Å². The zero-order valence-electron chi connectivity index (χ0n) is 22.1. The molecule has 3 amide bonds. The quantitative estimate of drug-likeness (QED) is 0.102. The number of carboxylic acid groups (broad SMARTS) is 1. The Morgan fingerprint density at radius 3 is 2.83 bits per heavy atom. The van der Waals surface area contributed by atoms with E-state index in [1.807, 2.05) is 6.92 Å². The minimum Gasteiger partial charge on any atom is -0.477 e. The number of carbonyl (C=O) groups is 4. The Bertz CT molecular complexity index is 1240. The van der Waals surface area contributed by atoms with Crippen LogP contribution in [0.3, 0.4) is 0 Å². The third-order valence-corrected chi connectivity index (χ3v) is 9.47. The van der Waals surface area contributed by atoms with Crippen molar-refractivity contribution in [2.45, 2.75) is 62.7 Å². The minimum absolute atomic E-state index is 0.0107. The maximum Gasteiger partial charge on any atom is 0.353 e. The summed E-state index contributed by atoms with van der Waals surface area (Å²) in [4.78, 5) is 54.7. The van der Waals surface area contributed by atoms with Crippen LogP contribution in [-0.4, -0.2) is 114 Å². The van der Waals surface area contributed by atoms with Gasteiger partial charge in [-0.15, -0.1) is 16.9 Å². The summed E-state index contributed by atoms with van der Waals surface area (Å²) in [7, 11) is 0. The number of nitrogens with zero attached hydrogens (tertiary/aromatic N) is 6. The lowest BCUT2D eigenvalue weighted by molar-refractivity contribution is -0.158. The Balaban J connectivity index is 1.20. The van der Waals surface area contributed by atoms with Crippen LogP contribution in [0.15, 0.2) is 16.9 Å². The number of rotatable bonds is 9. The highest BCUT2D eigenvalue weighted by atomic mass is 32.2. The molecule has 1 unspecified atom stereocenters. The van der Waals surface area contributed by atoms with Crippen LogP contribution in [0.5, 0.6) is 0 Å². The van der Waals surface area contributed by atoms with Crippen molar-refractivity contribution in [1.29, 1.82) is 5.41 Å². The molecule has 1 aromatic heterocycles. The molecule has 1 aromatic rings. The van der Waals surface area contributed by atoms with E-state index in [9.17, 15) is 24.3 Å². The number of thioether (sulfide) groups is 1. The lowest BCUT2D eigenvalue weighted by atomic mass is 9.78. The van der Waals surface area contributed by atoms with Crippen molar-refractivity contribution in [3.05, 3.63) is 16.9 Å². The van der Waals surface area contributed by atoms with Crippen LogP contribution in [0.4, 0.5) is 0 Å². The van der Waals surface area contributed by atoms with Crippen molar-refractivity contribution in [2.24, 2.45) is 17.6 Å². The van der Waals surface area contributed by atoms with Gasteiger partial charge >= 0.3 is 5.97 Å². The zero-order chi connectivity index (χ0) is 28.7. The Morgan fingerprint density at radius 2 is 2.15 bits per heavy atom. The molecule has 4 aliphatic rings. The van der Waals surface area contributed by atoms with Crippen LogP contribution in [-0.2, 0) is 25.7 Å². The second-order valence-corrected chi connectivity index (χ2v) is 12.0. The number of carbonyl (C=O) groups excluding carboxylic acids is 3. The molecule has 4 aliphatic heterocycles. The highest BCUT2D eigenvalue weighted by Gasteiger charge is 2.60. The summed E-state index contributed by atoms with van der Waals surface area (Å²) >= 11 is 1.41. The third kappa shape index (κ3) is 5.22. The Morgan fingerprint density at radius 1 is 1.38 bits per heavy atom. The topological polar surface area (TPSA) is 225 Å². The highest BCUT2D eigenvalue weighted by Crippen LogP contribution is 2.51. The first-order valence-corrected chi connectivity index (χ1v) is 14.0. The van der Waals surface area contributed by atoms with E-state index in [1.165, 1.54) is 27.7 Å². The van der Waals surface area contributed by atoms with Gasteiger partial charge in [0.15, 0.2) is 5.96 Å². The number of guanidine groups is 1. The standard InChI is InChI=1S/C23H33N11O5S/c1-10-17-16(11(2)28-15(35)8-33-9-27-30-31-33)21(37)34(17)18(22(38)39)19(10)40-13-5-14(26-6-13)20(36)32-4-3-12(7-32)29-23(24)25/h9-14,16-17,26H,3-8H2,1-2H3,(H,28,35)(H,38,39)(H4,24,25,29)/t10-,11-,12?,13+,14+,16-,17-/m1/s1. The second-order valence-electron chi connectivity index (χ2n) is 10.7. The van der Waals surface area contributed by atoms with E-state index < -0.39 is 17.9 Å². The van der Waals surface area contributed by atoms with Crippen molar-refractivity contribution >= 4 is 41.4 Å². The molecule has 16 nitrogen and oxygen atoms in total. The molecular formula is C23H33N11O5S. The van der Waals surface area contributed by atoms with Crippen LogP contribution in [0.1, 0.15) is 26.7 Å². The van der Waals surface area contributed by atoms with Crippen LogP contribution >= 0.6 is 11.8 Å². The predicted octanol–water partition coefficient (Wildman–Crippen LogP) is -2.50. The minimum atomic E-state index is -1.17. The summed E-state index contributed by atoms with van der Waals surface area (Å²) in [6.45, 7) is 5.13. The smallest absolute Gasteiger partial charge is 0.353 e. The fourth-order valence-corrected chi connectivity index (χ4v) is 7.64. The molecule has 0 aliphatic carbocycles. The number of fused-ring (bicyclic) bond motifs is 1. The fraction of sp³-hybridized carbons (Fsp3) is 0.652. The summed E-state index contributed by atoms with van der Waals surface area (Å²) in [6, 6.07) is -1.33. The first-order chi connectivity index (χ1) is 19.0. The van der Waals surface area contributed by atoms with Gasteiger partial charge in [0.1, 0.15) is 18.6 Å². The summed E-state index contributed by atoms with van der Waals surface area (Å²) in [5.74, 6) is -2.80. The SMILES string of the molecule is C[C@@H](NC(=O)Cn1cnnn1)[C@H]1C(=O)N2C(C(=O)O)=C(S[C@@H]3CN[C@H](C(=O)N4CCC(NC(=N)N)C4)C3)[C@H](C)[C@H]12. The van der Waals surface area contributed by atoms with Crippen LogP contribution in [0.25, 0.3) is 0 Å². The number of aromatic nitrogens is 4. The van der Waals surface area contributed by atoms with E-state index >= 15 is 0 Å². The molecule has 17 heteroatoms. The molecular weight excluding hydrogens is 542 g/mol. The van der Waals surface area contributed by atoms with Crippen molar-refractivity contribution < 1.29 is 24.3 Å². The number of carboxylic acids is 1. The molecule has 3 saturated heterocycles. The molecule has 40 heavy (non-hydrogen) atoms. The van der Waals surface area contributed by atoms with Gasteiger partial charge in [-0.25, -0.2) is 9.48 Å². The first-order valence-electron chi connectivity index (χ1n) is 13.1. The molecule has 5 rings (SSSR count). The lowest BCUT2D eigenvalue weighted by Crippen LogP contribution is -2.66. The number of nitrogens with two attached hydrogens (primary N) is 1. The van der Waals surface area contributed by atoms with Gasteiger partial charge in [0.05, 0.1) is 18.0 Å². The van der Waals surface area contributed by atoms with Crippen LogP contribution in [0.2, 0.25) is 0 Å². The van der Waals surface area contributed by atoms with Crippen molar-refractivity contribution in [1.82, 2.24) is 46.0 Å². The largest absolute Gasteiger partial charge is 0.477 e. The van der Waals surface area contributed by atoms with E-state index in [1.54, 1.807) is 11.8 Å². The average molecular weight is 576 g/mol. The molecule has 0 saturated carbocycles. The zero-order valence-corrected chi connectivity index (χ0v) is 22.9. The molecule has 7 N–H and O–H groups in total. The Kier molecular flexibility index (Phi) is 7.67. The van der Waals surface area contributed by atoms with Gasteiger partial charge in [0.2, 0.25) is 17.7 Å². The summed E-state index contributed by atoms with van der Waals surface area (Å²) < 4.78 is 1.27. The number of likely N-dealkylation sites (tertiary alicyclic amines) is 1. The molecule has 216 valence electrons. The van der Waals surface area contributed by atoms with Gasteiger partial charge in [-0.2, -0.15) is 0 Å². The number of β-lactam (4-membered cyclic amide) rings is 1. The van der Waals surface area contributed by atoms with E-state index in [0.29, 0.717) is 37.4 Å². The van der Waals surface area contributed by atoms with E-state index in [4.69, 9.17) is 11.1 Å². The van der Waals surface area contributed by atoms with Crippen molar-refractivity contribution in [2.75, 3.05) is 19.6 Å². The summed E-state index contributed by atoms with van der Waals surface area (Å²) in [5.41, 5.74) is 5.41. The molecule has 0 bridgehead atoms. The lowest BCUT2D eigenvalue weighted by Gasteiger charge is -2.47. The average Bonchev–Trinajstić information content (AvgIpc) is 3.67. The van der Waals surface area contributed by atoms with Gasteiger partial charge in [0.25, 0.3) is 0 Å². The monoisotopic (exact) mass is 575 g/mol. The molecule has 0 radical (unpaired) electrons. The number of tetrazole rings is 1. The van der Waals surface area contributed by atoms with E-state index in [0.717, 1.165) is 0 Å². The van der Waals surface area contributed by atoms with Gasteiger partial charge in [-0.05, 0) is 30.2 Å². The fourth-order valence-electron chi connectivity index (χ4n) is 6.17. The molecule has 0 spiro atoms. The molecule has 0 aromatic carbocycles. The summed E-state index contributed by atoms with van der Waals surface area (Å²) in [6.07, 6.45) is 2.56. The Hall–Kier alpha value is -3.73. The molecule has 5 heterocycles. The number of amides is 3. The molecule has 3 fully saturated rings. The normalized spacial score (nSPS) is 30.2. The Labute approximate surface area is 233 Å². The predicted molar refractivity (Wildman–Crippen MR) is 141 cm³/mol. The van der Waals surface area contributed by atoms with Crippen molar-refractivity contribution in [3.63, 3.8) is 0 Å². The van der Waals surface area contributed by atoms with E-state index in [2.05, 4.69) is 31.5 Å². The third-order valence-electron chi connectivity index (χ3n) is 7.96. The first kappa shape index (κ1) is 27.8. The maximum atomic E-state index is 13.1. The van der Waals surface area contributed by atoms with Crippen LogP contribution < -0.4 is 21.7 Å². The maximum absolute atomic E-state index is 13.1. The summed E-state index contributed by atoms with van der Waals surface area (Å²) in [5, 5.41) is 37.0.